The zero-order valence-corrected chi connectivity index (χ0v) is 17.8. The van der Waals surface area contributed by atoms with E-state index in [9.17, 15) is 14.4 Å². The average Bonchev–Trinajstić information content (AvgIpc) is 2.83. The lowest BCUT2D eigenvalue weighted by atomic mass is 9.94. The van der Waals surface area contributed by atoms with Gasteiger partial charge in [0.25, 0.3) is 5.91 Å². The molecule has 4 rings (SSSR count). The number of hydrogen-bond donors (Lipinski definition) is 3. The molecule has 9 nitrogen and oxygen atoms in total. The van der Waals surface area contributed by atoms with Gasteiger partial charge in [-0.25, -0.2) is 19.3 Å². The molecule has 0 aliphatic heterocycles. The van der Waals surface area contributed by atoms with E-state index >= 15 is 0 Å². The number of nitriles is 1. The van der Waals surface area contributed by atoms with Gasteiger partial charge in [-0.15, -0.1) is 0 Å². The highest BCUT2D eigenvalue weighted by molar-refractivity contribution is 6.11. The Bertz CT molecular complexity index is 1400. The van der Waals surface area contributed by atoms with E-state index in [2.05, 4.69) is 25.6 Å². The number of pyridine rings is 2. The Balaban J connectivity index is 2.00. The highest BCUT2D eigenvalue weighted by atomic mass is 19.1. The summed E-state index contributed by atoms with van der Waals surface area (Å²) in [6.07, 6.45) is 2.84. The molecular weight excluding hydrogens is 423 g/mol. The maximum atomic E-state index is 14.1. The lowest BCUT2D eigenvalue weighted by Gasteiger charge is -2.21. The Hall–Kier alpha value is -4.65. The largest absolute Gasteiger partial charge is 0.382 e. The van der Waals surface area contributed by atoms with Crippen LogP contribution in [0.15, 0.2) is 48.9 Å². The first-order valence-corrected chi connectivity index (χ1v) is 9.98. The summed E-state index contributed by atoms with van der Waals surface area (Å²) in [5.41, 5.74) is 7.97. The smallest absolute Gasteiger partial charge is 0.252 e. The molecule has 0 aliphatic rings. The van der Waals surface area contributed by atoms with Crippen molar-refractivity contribution in [2.24, 2.45) is 0 Å². The van der Waals surface area contributed by atoms with Crippen molar-refractivity contribution in [1.29, 1.82) is 5.26 Å². The summed E-state index contributed by atoms with van der Waals surface area (Å²) in [7, 11) is 1.50. The van der Waals surface area contributed by atoms with Crippen LogP contribution < -0.4 is 16.4 Å². The number of hydrogen-bond acceptors (Lipinski definition) is 8. The third kappa shape index (κ3) is 3.99. The number of halogens is 1. The first-order valence-electron chi connectivity index (χ1n) is 9.98. The molecular formula is C23H19FN8O. The number of nitrogen functional groups attached to an aromatic ring is 1. The first-order chi connectivity index (χ1) is 15.9. The van der Waals surface area contributed by atoms with Crippen LogP contribution in [0.25, 0.3) is 22.2 Å². The Kier molecular flexibility index (Phi) is 5.78. The lowest BCUT2D eigenvalue weighted by Crippen LogP contribution is -2.22. The molecule has 33 heavy (non-hydrogen) atoms. The summed E-state index contributed by atoms with van der Waals surface area (Å²) < 4.78 is 14.1. The molecule has 0 unspecified atom stereocenters. The van der Waals surface area contributed by atoms with Crippen LogP contribution in [0, 0.1) is 17.1 Å². The molecule has 0 saturated carbocycles. The minimum atomic E-state index is -0.540. The monoisotopic (exact) mass is 442 g/mol. The van der Waals surface area contributed by atoms with Gasteiger partial charge in [0.2, 0.25) is 0 Å². The Morgan fingerprint density at radius 2 is 2.03 bits per heavy atom. The number of anilines is 2. The molecule has 4 aromatic rings. The zero-order chi connectivity index (χ0) is 23.5. The van der Waals surface area contributed by atoms with Crippen molar-refractivity contribution >= 4 is 28.4 Å². The highest BCUT2D eigenvalue weighted by Gasteiger charge is 2.26. The molecule has 0 aliphatic carbocycles. The van der Waals surface area contributed by atoms with Crippen molar-refractivity contribution < 1.29 is 9.18 Å². The van der Waals surface area contributed by atoms with E-state index < -0.39 is 17.8 Å². The number of amides is 1. The molecule has 1 amide bonds. The predicted molar refractivity (Wildman–Crippen MR) is 122 cm³/mol. The van der Waals surface area contributed by atoms with Crippen LogP contribution in [0.5, 0.6) is 0 Å². The molecule has 0 saturated heterocycles. The number of fused-ring (bicyclic) bond motifs is 1. The van der Waals surface area contributed by atoms with E-state index in [0.717, 1.165) is 0 Å². The van der Waals surface area contributed by atoms with Gasteiger partial charge < -0.3 is 16.4 Å². The minimum Gasteiger partial charge on any atom is -0.382 e. The Morgan fingerprint density at radius 3 is 2.73 bits per heavy atom. The van der Waals surface area contributed by atoms with Gasteiger partial charge in [0.05, 0.1) is 28.5 Å². The number of rotatable bonds is 5. The SMILES string of the molecule is CNC(=O)c1c(-c2ccccn2)c([C@@H](C)Nc2ncnc(N)c2C#N)nc2ccc(F)cc12. The fraction of sp³-hybridized carbons (Fsp3) is 0.130. The van der Waals surface area contributed by atoms with Gasteiger partial charge in [0, 0.05) is 24.2 Å². The molecule has 3 heterocycles. The van der Waals surface area contributed by atoms with Crippen LogP contribution in [0.3, 0.4) is 0 Å². The van der Waals surface area contributed by atoms with E-state index in [4.69, 9.17) is 10.7 Å². The van der Waals surface area contributed by atoms with Gasteiger partial charge in [0.15, 0.2) is 0 Å². The fourth-order valence-electron chi connectivity index (χ4n) is 3.59. The van der Waals surface area contributed by atoms with Crippen LogP contribution in [-0.2, 0) is 0 Å². The molecule has 0 radical (unpaired) electrons. The van der Waals surface area contributed by atoms with Crippen LogP contribution >= 0.6 is 0 Å². The second-order valence-electron chi connectivity index (χ2n) is 7.16. The van der Waals surface area contributed by atoms with Gasteiger partial charge >= 0.3 is 0 Å². The maximum Gasteiger partial charge on any atom is 0.252 e. The second-order valence-corrected chi connectivity index (χ2v) is 7.16. The van der Waals surface area contributed by atoms with Crippen molar-refractivity contribution in [3.63, 3.8) is 0 Å². The van der Waals surface area contributed by atoms with Gasteiger partial charge in [-0.1, -0.05) is 6.07 Å². The summed E-state index contributed by atoms with van der Waals surface area (Å²) in [4.78, 5) is 30.1. The highest BCUT2D eigenvalue weighted by Crippen LogP contribution is 2.35. The Morgan fingerprint density at radius 1 is 1.21 bits per heavy atom. The van der Waals surface area contributed by atoms with Gasteiger partial charge in [-0.3, -0.25) is 9.78 Å². The van der Waals surface area contributed by atoms with Crippen LogP contribution in [0.1, 0.15) is 34.6 Å². The number of aromatic nitrogens is 4. The van der Waals surface area contributed by atoms with Crippen LogP contribution in [-0.4, -0.2) is 32.9 Å². The quantitative estimate of drug-likeness (QED) is 0.428. The predicted octanol–water partition coefficient (Wildman–Crippen LogP) is 3.21. The van der Waals surface area contributed by atoms with Crippen molar-refractivity contribution in [2.45, 2.75) is 13.0 Å². The summed E-state index contributed by atoms with van der Waals surface area (Å²) >= 11 is 0. The third-order valence-electron chi connectivity index (χ3n) is 5.10. The van der Waals surface area contributed by atoms with E-state index in [1.807, 2.05) is 6.07 Å². The molecule has 10 heteroatoms. The average molecular weight is 442 g/mol. The topological polar surface area (TPSA) is 142 Å². The fourth-order valence-corrected chi connectivity index (χ4v) is 3.59. The van der Waals surface area contributed by atoms with Crippen molar-refractivity contribution in [3.8, 4) is 17.3 Å². The zero-order valence-electron chi connectivity index (χ0n) is 17.8. The molecule has 1 aromatic carbocycles. The molecule has 3 aromatic heterocycles. The Labute approximate surface area is 188 Å². The van der Waals surface area contributed by atoms with E-state index in [1.165, 1.54) is 31.6 Å². The summed E-state index contributed by atoms with van der Waals surface area (Å²) in [5, 5.41) is 15.6. The summed E-state index contributed by atoms with van der Waals surface area (Å²) in [6.45, 7) is 1.80. The molecule has 4 N–H and O–H groups in total. The molecule has 1 atom stereocenters. The number of carbonyl (C=O) groups excluding carboxylic acids is 1. The molecule has 164 valence electrons. The number of benzene rings is 1. The van der Waals surface area contributed by atoms with Gasteiger partial charge in [-0.2, -0.15) is 5.26 Å². The van der Waals surface area contributed by atoms with Crippen molar-refractivity contribution in [2.75, 3.05) is 18.1 Å². The van der Waals surface area contributed by atoms with E-state index in [1.54, 1.807) is 31.3 Å². The number of nitrogens with zero attached hydrogens (tertiary/aromatic N) is 5. The van der Waals surface area contributed by atoms with Crippen molar-refractivity contribution in [3.05, 3.63) is 71.6 Å². The van der Waals surface area contributed by atoms with Gasteiger partial charge in [0.1, 0.15) is 35.4 Å². The third-order valence-corrected chi connectivity index (χ3v) is 5.10. The first kappa shape index (κ1) is 21.6. The minimum absolute atomic E-state index is 0.0418. The molecule has 0 spiro atoms. The lowest BCUT2D eigenvalue weighted by molar-refractivity contribution is 0.0965. The van der Waals surface area contributed by atoms with Crippen molar-refractivity contribution in [1.82, 2.24) is 25.3 Å². The number of nitrogens with two attached hydrogens (primary N) is 1. The molecule has 0 fully saturated rings. The molecule has 0 bridgehead atoms. The summed E-state index contributed by atoms with van der Waals surface area (Å²) in [6, 6.07) is 10.8. The normalized spacial score (nSPS) is 11.6. The number of nitrogens with one attached hydrogen (secondary N) is 2. The number of carbonyl (C=O) groups is 1. The standard InChI is InChI=1S/C23H19FN8O/c1-12(31-22-15(10-25)21(26)29-11-30-22)20-19(17-5-3-4-8-28-17)18(23(33)27-2)14-9-13(24)6-7-16(14)32-20/h3-9,11-12H,1-2H3,(H,27,33)(H3,26,29,30,31)/t12-/m1/s1. The van der Waals surface area contributed by atoms with Gasteiger partial charge in [-0.05, 0) is 37.3 Å². The second kappa shape index (κ2) is 8.84. The van der Waals surface area contributed by atoms with Crippen LogP contribution in [0.4, 0.5) is 16.0 Å². The van der Waals surface area contributed by atoms with E-state index in [0.29, 0.717) is 27.9 Å². The van der Waals surface area contributed by atoms with Crippen LogP contribution in [0.2, 0.25) is 0 Å². The van der Waals surface area contributed by atoms with E-state index in [-0.39, 0.29) is 22.8 Å². The maximum absolute atomic E-state index is 14.1. The summed E-state index contributed by atoms with van der Waals surface area (Å²) in [5.74, 6) is -0.631.